The zero-order valence-corrected chi connectivity index (χ0v) is 19.0. The van der Waals surface area contributed by atoms with Gasteiger partial charge < -0.3 is 19.5 Å². The lowest BCUT2D eigenvalue weighted by Crippen LogP contribution is -2.53. The molecule has 1 N–H and O–H groups in total. The highest BCUT2D eigenvalue weighted by Crippen LogP contribution is 2.35. The van der Waals surface area contributed by atoms with Crippen LogP contribution in [-0.4, -0.2) is 67.3 Å². The second-order valence-electron chi connectivity index (χ2n) is 7.12. The summed E-state index contributed by atoms with van der Waals surface area (Å²) >= 11 is 0. The van der Waals surface area contributed by atoms with Crippen molar-refractivity contribution in [1.82, 2.24) is 0 Å². The number of rotatable bonds is 11. The number of ketones is 2. The van der Waals surface area contributed by atoms with Crippen LogP contribution in [0.2, 0.25) is 0 Å². The van der Waals surface area contributed by atoms with Gasteiger partial charge in [-0.2, -0.15) is 35.1 Å². The van der Waals surface area contributed by atoms with Crippen LogP contribution in [0.3, 0.4) is 0 Å². The lowest BCUT2D eigenvalue weighted by Gasteiger charge is -2.29. The summed E-state index contributed by atoms with van der Waals surface area (Å²) in [5.74, 6) is -11.3. The van der Waals surface area contributed by atoms with Crippen molar-refractivity contribution in [2.45, 2.75) is 50.5 Å². The smallest absolute Gasteiger partial charge is 0.469 e. The minimum absolute atomic E-state index is 0.342. The van der Waals surface area contributed by atoms with Gasteiger partial charge in [0.05, 0.1) is 19.1 Å². The summed E-state index contributed by atoms with van der Waals surface area (Å²) in [6.07, 6.45) is -26.3. The molecular formula is C20H16F9NO8. The molecule has 1 aromatic carbocycles. The van der Waals surface area contributed by atoms with Crippen molar-refractivity contribution in [2.24, 2.45) is 0 Å². The predicted octanol–water partition coefficient (Wildman–Crippen LogP) is 3.70. The Morgan fingerprint density at radius 3 is 1.97 bits per heavy atom. The zero-order valence-electron chi connectivity index (χ0n) is 19.0. The summed E-state index contributed by atoms with van der Waals surface area (Å²) in [4.78, 5) is 57.2. The van der Waals surface area contributed by atoms with Gasteiger partial charge in [0.15, 0.2) is 5.78 Å². The van der Waals surface area contributed by atoms with Crippen LogP contribution in [-0.2, 0) is 28.7 Å². The van der Waals surface area contributed by atoms with E-state index in [-0.39, 0.29) is 0 Å². The first kappa shape index (κ1) is 32.2. The molecule has 0 heterocycles. The van der Waals surface area contributed by atoms with Crippen molar-refractivity contribution in [3.8, 4) is 5.75 Å². The van der Waals surface area contributed by atoms with Crippen molar-refractivity contribution >= 4 is 35.1 Å². The molecule has 0 saturated carbocycles. The SMILES string of the molecule is COC(=O)CCC(=O)c1cc(NC(=O)C(F)(F)F)ccc1OC(F)(F)C(OC(C)=O)C(F)C(=O)C(F)(F)F. The summed E-state index contributed by atoms with van der Waals surface area (Å²) in [7, 11) is 0.917. The average molecular weight is 569 g/mol. The highest BCUT2D eigenvalue weighted by molar-refractivity contribution is 6.02. The molecule has 2 atom stereocenters. The molecule has 0 aliphatic rings. The third-order valence-corrected chi connectivity index (χ3v) is 4.25. The van der Waals surface area contributed by atoms with Crippen molar-refractivity contribution in [3.05, 3.63) is 23.8 Å². The molecule has 1 amide bonds. The van der Waals surface area contributed by atoms with E-state index in [1.54, 1.807) is 0 Å². The fourth-order valence-electron chi connectivity index (χ4n) is 2.54. The first-order chi connectivity index (χ1) is 17.2. The van der Waals surface area contributed by atoms with Crippen molar-refractivity contribution in [1.29, 1.82) is 0 Å². The first-order valence-electron chi connectivity index (χ1n) is 9.82. The molecule has 0 saturated heterocycles. The summed E-state index contributed by atoms with van der Waals surface area (Å²) in [5, 5.41) is 1.29. The molecule has 9 nitrogen and oxygen atoms in total. The molecule has 18 heteroatoms. The summed E-state index contributed by atoms with van der Waals surface area (Å²) in [5.41, 5.74) is -1.87. The van der Waals surface area contributed by atoms with Gasteiger partial charge in [0.1, 0.15) is 5.75 Å². The largest absolute Gasteiger partial charge is 0.471 e. The number of ether oxygens (including phenoxy) is 3. The van der Waals surface area contributed by atoms with E-state index >= 15 is 0 Å². The van der Waals surface area contributed by atoms with Crippen LogP contribution in [0, 0.1) is 0 Å². The number of carbonyl (C=O) groups excluding carboxylic acids is 5. The molecule has 0 fully saturated rings. The van der Waals surface area contributed by atoms with Gasteiger partial charge in [-0.05, 0) is 18.2 Å². The maximum atomic E-state index is 14.7. The number of Topliss-reactive ketones (excluding diaryl/α,β-unsaturated/α-hetero) is 2. The average Bonchev–Trinajstić information content (AvgIpc) is 2.79. The highest BCUT2D eigenvalue weighted by Gasteiger charge is 2.58. The number of alkyl halides is 9. The van der Waals surface area contributed by atoms with Gasteiger partial charge in [-0.1, -0.05) is 0 Å². The number of hydrogen-bond acceptors (Lipinski definition) is 8. The molecular weight excluding hydrogens is 553 g/mol. The fraction of sp³-hybridized carbons (Fsp3) is 0.450. The number of methoxy groups -OCH3 is 1. The number of hydrogen-bond donors (Lipinski definition) is 1. The van der Waals surface area contributed by atoms with E-state index in [9.17, 15) is 63.5 Å². The van der Waals surface area contributed by atoms with Crippen LogP contribution in [0.4, 0.5) is 45.2 Å². The Labute approximate surface area is 206 Å². The molecule has 0 aliphatic carbocycles. The normalized spacial score (nSPS) is 13.7. The molecule has 2 unspecified atom stereocenters. The van der Waals surface area contributed by atoms with E-state index in [1.807, 2.05) is 0 Å². The molecule has 0 bridgehead atoms. The van der Waals surface area contributed by atoms with Crippen LogP contribution < -0.4 is 10.1 Å². The predicted molar refractivity (Wildman–Crippen MR) is 104 cm³/mol. The number of halogens is 9. The van der Waals surface area contributed by atoms with E-state index < -0.39 is 90.0 Å². The van der Waals surface area contributed by atoms with E-state index in [2.05, 4.69) is 14.2 Å². The quantitative estimate of drug-likeness (QED) is 0.243. The number of nitrogens with one attached hydrogen (secondary N) is 1. The van der Waals surface area contributed by atoms with Gasteiger partial charge in [0.2, 0.25) is 12.3 Å². The zero-order chi connectivity index (χ0) is 29.6. The van der Waals surface area contributed by atoms with Crippen LogP contribution in [0.25, 0.3) is 0 Å². The summed E-state index contributed by atoms with van der Waals surface area (Å²) < 4.78 is 131. The Balaban J connectivity index is 3.51. The lowest BCUT2D eigenvalue weighted by molar-refractivity contribution is -0.263. The summed E-state index contributed by atoms with van der Waals surface area (Å²) in [6.45, 7) is 0.383. The minimum atomic E-state index is -5.98. The third-order valence-electron chi connectivity index (χ3n) is 4.25. The monoisotopic (exact) mass is 569 g/mol. The fourth-order valence-corrected chi connectivity index (χ4v) is 2.54. The van der Waals surface area contributed by atoms with Gasteiger partial charge in [-0.15, -0.1) is 0 Å². The maximum Gasteiger partial charge on any atom is 0.471 e. The molecule has 212 valence electrons. The molecule has 0 aliphatic heterocycles. The van der Waals surface area contributed by atoms with Gasteiger partial charge in [0.25, 0.3) is 5.78 Å². The molecule has 0 aromatic heterocycles. The minimum Gasteiger partial charge on any atom is -0.469 e. The number of benzene rings is 1. The van der Waals surface area contributed by atoms with E-state index in [4.69, 9.17) is 0 Å². The topological polar surface area (TPSA) is 125 Å². The van der Waals surface area contributed by atoms with Gasteiger partial charge in [-0.3, -0.25) is 24.0 Å². The Bertz CT molecular complexity index is 1090. The molecule has 38 heavy (non-hydrogen) atoms. The molecule has 1 rings (SSSR count). The van der Waals surface area contributed by atoms with Gasteiger partial charge in [-0.25, -0.2) is 4.39 Å². The number of carbonyl (C=O) groups is 5. The third kappa shape index (κ3) is 8.91. The Hall–Kier alpha value is -3.86. The van der Waals surface area contributed by atoms with Gasteiger partial charge >= 0.3 is 36.3 Å². The highest BCUT2D eigenvalue weighted by atomic mass is 19.4. The Morgan fingerprint density at radius 1 is 0.921 bits per heavy atom. The summed E-state index contributed by atoms with van der Waals surface area (Å²) in [6, 6.07) is 1.21. The maximum absolute atomic E-state index is 14.7. The standard InChI is InChI=1S/C20H16F9NO8/c1-8(31)37-16(14(21)15(34)18(22,23)24)20(28,29)38-12-5-3-9(30-17(35)19(25,26)27)7-10(12)11(32)4-6-13(33)36-2/h3,5,7,14,16H,4,6H2,1-2H3,(H,30,35). The van der Waals surface area contributed by atoms with Crippen LogP contribution in [0.1, 0.15) is 30.1 Å². The van der Waals surface area contributed by atoms with Crippen LogP contribution >= 0.6 is 0 Å². The van der Waals surface area contributed by atoms with Gasteiger partial charge in [0, 0.05) is 19.0 Å². The van der Waals surface area contributed by atoms with Crippen molar-refractivity contribution in [3.63, 3.8) is 0 Å². The van der Waals surface area contributed by atoms with Crippen molar-refractivity contribution in [2.75, 3.05) is 12.4 Å². The Kier molecular flexibility index (Phi) is 10.3. The lowest BCUT2D eigenvalue weighted by atomic mass is 10.0. The number of esters is 2. The van der Waals surface area contributed by atoms with Crippen molar-refractivity contribution < 1.29 is 77.7 Å². The molecule has 0 radical (unpaired) electrons. The number of anilines is 1. The molecule has 0 spiro atoms. The van der Waals surface area contributed by atoms with E-state index in [0.717, 1.165) is 7.11 Å². The second-order valence-corrected chi connectivity index (χ2v) is 7.12. The van der Waals surface area contributed by atoms with E-state index in [1.165, 1.54) is 5.32 Å². The van der Waals surface area contributed by atoms with Crippen LogP contribution in [0.15, 0.2) is 18.2 Å². The van der Waals surface area contributed by atoms with Crippen LogP contribution in [0.5, 0.6) is 5.75 Å². The molecule has 1 aromatic rings. The Morgan fingerprint density at radius 2 is 1.50 bits per heavy atom. The number of amides is 1. The second kappa shape index (κ2) is 12.1. The first-order valence-corrected chi connectivity index (χ1v) is 9.82. The van der Waals surface area contributed by atoms with E-state index in [0.29, 0.717) is 25.1 Å².